The first-order valence-electron chi connectivity index (χ1n) is 7.11. The Labute approximate surface area is 128 Å². The molecule has 0 heterocycles. The Balaban J connectivity index is 2.21. The third-order valence-corrected chi connectivity index (χ3v) is 2.92. The summed E-state index contributed by atoms with van der Waals surface area (Å²) in [4.78, 5) is 12.1. The minimum Gasteiger partial charge on any atom is -0.490 e. The van der Waals surface area contributed by atoms with Crippen molar-refractivity contribution in [2.24, 2.45) is 0 Å². The fourth-order valence-electron chi connectivity index (χ4n) is 1.97. The van der Waals surface area contributed by atoms with E-state index in [0.29, 0.717) is 30.4 Å². The Morgan fingerprint density at radius 1 is 1.05 bits per heavy atom. The Morgan fingerprint density at radius 2 is 1.73 bits per heavy atom. The van der Waals surface area contributed by atoms with Crippen molar-refractivity contribution in [3.63, 3.8) is 0 Å². The number of amides is 1. The maximum absolute atomic E-state index is 13.6. The Kier molecular flexibility index (Phi) is 5.36. The zero-order valence-electron chi connectivity index (χ0n) is 12.6. The molecule has 0 atom stereocenters. The summed E-state index contributed by atoms with van der Waals surface area (Å²) in [5.41, 5.74) is 0.509. The molecular weight excluding hydrogens is 285 g/mol. The van der Waals surface area contributed by atoms with Gasteiger partial charge in [-0.05, 0) is 38.1 Å². The van der Waals surface area contributed by atoms with E-state index in [2.05, 4.69) is 5.32 Å². The van der Waals surface area contributed by atoms with Gasteiger partial charge >= 0.3 is 0 Å². The standard InChI is InChI=1S/C17H18FNO3/c1-3-21-15-10-9-12(11-16(15)22-4-2)19-17(20)13-7-5-6-8-14(13)18/h5-11H,3-4H2,1-2H3,(H,19,20). The molecule has 1 amide bonds. The van der Waals surface area contributed by atoms with Crippen LogP contribution in [0.3, 0.4) is 0 Å². The van der Waals surface area contributed by atoms with Crippen LogP contribution in [0.25, 0.3) is 0 Å². The van der Waals surface area contributed by atoms with E-state index in [1.807, 2.05) is 13.8 Å². The number of hydrogen-bond donors (Lipinski definition) is 1. The summed E-state index contributed by atoms with van der Waals surface area (Å²) < 4.78 is 24.5. The number of rotatable bonds is 6. The number of ether oxygens (including phenoxy) is 2. The summed E-state index contributed by atoms with van der Waals surface area (Å²) in [6.07, 6.45) is 0. The number of carbonyl (C=O) groups is 1. The molecule has 2 aromatic rings. The van der Waals surface area contributed by atoms with Gasteiger partial charge in [-0.2, -0.15) is 0 Å². The molecular formula is C17H18FNO3. The zero-order valence-corrected chi connectivity index (χ0v) is 12.6. The average molecular weight is 303 g/mol. The van der Waals surface area contributed by atoms with E-state index in [4.69, 9.17) is 9.47 Å². The van der Waals surface area contributed by atoms with Crippen LogP contribution in [0.5, 0.6) is 11.5 Å². The SMILES string of the molecule is CCOc1ccc(NC(=O)c2ccccc2F)cc1OCC. The predicted molar refractivity (Wildman–Crippen MR) is 83.1 cm³/mol. The van der Waals surface area contributed by atoms with Crippen LogP contribution in [0.4, 0.5) is 10.1 Å². The van der Waals surface area contributed by atoms with Crippen LogP contribution in [-0.2, 0) is 0 Å². The lowest BCUT2D eigenvalue weighted by Crippen LogP contribution is -2.13. The van der Waals surface area contributed by atoms with E-state index < -0.39 is 11.7 Å². The second kappa shape index (κ2) is 7.45. The molecule has 0 radical (unpaired) electrons. The van der Waals surface area contributed by atoms with Gasteiger partial charge < -0.3 is 14.8 Å². The molecule has 1 N–H and O–H groups in total. The second-order valence-corrected chi connectivity index (χ2v) is 4.46. The minimum absolute atomic E-state index is 0.00524. The highest BCUT2D eigenvalue weighted by atomic mass is 19.1. The molecule has 0 aliphatic heterocycles. The molecule has 0 saturated carbocycles. The number of nitrogens with one attached hydrogen (secondary N) is 1. The van der Waals surface area contributed by atoms with Crippen LogP contribution >= 0.6 is 0 Å². The molecule has 0 saturated heterocycles. The van der Waals surface area contributed by atoms with Gasteiger partial charge in [0.25, 0.3) is 5.91 Å². The van der Waals surface area contributed by atoms with Crippen molar-refractivity contribution in [1.29, 1.82) is 0 Å². The van der Waals surface area contributed by atoms with E-state index in [9.17, 15) is 9.18 Å². The Morgan fingerprint density at radius 3 is 2.41 bits per heavy atom. The minimum atomic E-state index is -0.559. The summed E-state index contributed by atoms with van der Waals surface area (Å²) in [6, 6.07) is 10.9. The smallest absolute Gasteiger partial charge is 0.258 e. The van der Waals surface area contributed by atoms with Gasteiger partial charge in [-0.15, -0.1) is 0 Å². The van der Waals surface area contributed by atoms with Gasteiger partial charge in [-0.25, -0.2) is 4.39 Å². The summed E-state index contributed by atoms with van der Waals surface area (Å²) in [5.74, 6) is 0.0737. The predicted octanol–water partition coefficient (Wildman–Crippen LogP) is 3.88. The van der Waals surface area contributed by atoms with Gasteiger partial charge in [0, 0.05) is 11.8 Å². The topological polar surface area (TPSA) is 47.6 Å². The lowest BCUT2D eigenvalue weighted by molar-refractivity contribution is 0.102. The molecule has 0 spiro atoms. The first-order valence-corrected chi connectivity index (χ1v) is 7.11. The van der Waals surface area contributed by atoms with Crippen molar-refractivity contribution in [1.82, 2.24) is 0 Å². The van der Waals surface area contributed by atoms with Crippen molar-refractivity contribution in [3.05, 3.63) is 53.8 Å². The molecule has 0 bridgehead atoms. The van der Waals surface area contributed by atoms with Gasteiger partial charge in [-0.3, -0.25) is 4.79 Å². The Hall–Kier alpha value is -2.56. The monoisotopic (exact) mass is 303 g/mol. The van der Waals surface area contributed by atoms with Crippen molar-refractivity contribution in [2.75, 3.05) is 18.5 Å². The number of halogens is 1. The number of anilines is 1. The summed E-state index contributed by atoms with van der Waals surface area (Å²) in [7, 11) is 0. The summed E-state index contributed by atoms with van der Waals surface area (Å²) >= 11 is 0. The quantitative estimate of drug-likeness (QED) is 0.881. The summed E-state index contributed by atoms with van der Waals surface area (Å²) in [6.45, 7) is 4.73. The normalized spacial score (nSPS) is 10.1. The molecule has 0 aliphatic carbocycles. The zero-order chi connectivity index (χ0) is 15.9. The van der Waals surface area contributed by atoms with Gasteiger partial charge in [0.1, 0.15) is 5.82 Å². The van der Waals surface area contributed by atoms with Crippen LogP contribution in [0.1, 0.15) is 24.2 Å². The highest BCUT2D eigenvalue weighted by Crippen LogP contribution is 2.30. The van der Waals surface area contributed by atoms with E-state index >= 15 is 0 Å². The third-order valence-electron chi connectivity index (χ3n) is 2.92. The maximum atomic E-state index is 13.6. The molecule has 0 fully saturated rings. The molecule has 0 unspecified atom stereocenters. The molecule has 2 aromatic carbocycles. The average Bonchev–Trinajstić information content (AvgIpc) is 2.50. The van der Waals surface area contributed by atoms with Crippen molar-refractivity contribution < 1.29 is 18.7 Å². The molecule has 5 heteroatoms. The fraction of sp³-hybridized carbons (Fsp3) is 0.235. The van der Waals surface area contributed by atoms with E-state index in [0.717, 1.165) is 0 Å². The van der Waals surface area contributed by atoms with E-state index in [1.165, 1.54) is 18.2 Å². The van der Waals surface area contributed by atoms with Gasteiger partial charge in [0.2, 0.25) is 0 Å². The number of hydrogen-bond acceptors (Lipinski definition) is 3. The summed E-state index contributed by atoms with van der Waals surface area (Å²) in [5, 5.41) is 2.65. The number of carbonyl (C=O) groups excluding carboxylic acids is 1. The molecule has 0 aliphatic rings. The van der Waals surface area contributed by atoms with Crippen LogP contribution < -0.4 is 14.8 Å². The first-order chi connectivity index (χ1) is 10.7. The van der Waals surface area contributed by atoms with Crippen molar-refractivity contribution in [2.45, 2.75) is 13.8 Å². The molecule has 22 heavy (non-hydrogen) atoms. The first kappa shape index (κ1) is 15.8. The lowest BCUT2D eigenvalue weighted by atomic mass is 10.2. The maximum Gasteiger partial charge on any atom is 0.258 e. The van der Waals surface area contributed by atoms with Gasteiger partial charge in [0.05, 0.1) is 18.8 Å². The van der Waals surface area contributed by atoms with Crippen LogP contribution in [0, 0.1) is 5.82 Å². The van der Waals surface area contributed by atoms with Gasteiger partial charge in [0.15, 0.2) is 11.5 Å². The van der Waals surface area contributed by atoms with Gasteiger partial charge in [-0.1, -0.05) is 12.1 Å². The molecule has 4 nitrogen and oxygen atoms in total. The lowest BCUT2D eigenvalue weighted by Gasteiger charge is -2.13. The highest BCUT2D eigenvalue weighted by Gasteiger charge is 2.12. The fourth-order valence-corrected chi connectivity index (χ4v) is 1.97. The largest absolute Gasteiger partial charge is 0.490 e. The second-order valence-electron chi connectivity index (χ2n) is 4.46. The highest BCUT2D eigenvalue weighted by molar-refractivity contribution is 6.04. The van der Waals surface area contributed by atoms with Crippen molar-refractivity contribution >= 4 is 11.6 Å². The molecule has 2 rings (SSSR count). The number of benzene rings is 2. The molecule has 0 aromatic heterocycles. The van der Waals surface area contributed by atoms with E-state index in [-0.39, 0.29) is 5.56 Å². The van der Waals surface area contributed by atoms with Crippen molar-refractivity contribution in [3.8, 4) is 11.5 Å². The van der Waals surface area contributed by atoms with Crippen LogP contribution in [0.2, 0.25) is 0 Å². The van der Waals surface area contributed by atoms with Crippen LogP contribution in [0.15, 0.2) is 42.5 Å². The van der Waals surface area contributed by atoms with E-state index in [1.54, 1.807) is 24.3 Å². The van der Waals surface area contributed by atoms with Crippen LogP contribution in [-0.4, -0.2) is 19.1 Å². The molecule has 116 valence electrons. The third kappa shape index (κ3) is 3.75. The Bertz CT molecular complexity index is 658.